The van der Waals surface area contributed by atoms with Crippen molar-refractivity contribution in [1.29, 1.82) is 0 Å². The van der Waals surface area contributed by atoms with Gasteiger partial charge in [-0.3, -0.25) is 14.4 Å². The van der Waals surface area contributed by atoms with Crippen LogP contribution in [0.3, 0.4) is 0 Å². The van der Waals surface area contributed by atoms with Gasteiger partial charge in [0.1, 0.15) is 29.4 Å². The minimum atomic E-state index is -1.69. The highest BCUT2D eigenvalue weighted by molar-refractivity contribution is 6.00. The molecule has 0 radical (unpaired) electrons. The molecule has 1 aromatic heterocycles. The second-order valence-electron chi connectivity index (χ2n) is 9.19. The number of halogens is 2. The van der Waals surface area contributed by atoms with Crippen LogP contribution >= 0.6 is 0 Å². The zero-order valence-corrected chi connectivity index (χ0v) is 18.3. The Hall–Kier alpha value is -3.31. The van der Waals surface area contributed by atoms with Crippen LogP contribution in [-0.2, 0) is 12.1 Å². The van der Waals surface area contributed by atoms with E-state index in [9.17, 15) is 38.5 Å². The third kappa shape index (κ3) is 2.93. The Kier molecular flexibility index (Phi) is 5.03. The van der Waals surface area contributed by atoms with Crippen LogP contribution in [0.15, 0.2) is 16.9 Å². The molecule has 0 aliphatic carbocycles. The number of nitrogens with zero attached hydrogens (tertiary/aromatic N) is 2. The van der Waals surface area contributed by atoms with E-state index in [4.69, 9.17) is 0 Å². The van der Waals surface area contributed by atoms with Crippen LogP contribution < -0.4 is 10.7 Å². The number of hydrogen-bond acceptors (Lipinski definition) is 6. The molecule has 5 rings (SSSR count). The standard InChI is InChI=1S/C23H23F2N3O6/c1-10-6-12(24)11(13(25)7-10)8-26-21(33)14-15-19(31)20(32)23-4-2-3-5-27(9-23)22(34)16(28(15)23)18(30)17(14)29/h6-7,19-20,30-32H,2-5,8-9H2,1H3,(H,26,33)/t19-,20+,23+/m1/s1. The highest BCUT2D eigenvalue weighted by Crippen LogP contribution is 2.49. The van der Waals surface area contributed by atoms with Crippen molar-refractivity contribution in [2.24, 2.45) is 0 Å². The lowest BCUT2D eigenvalue weighted by atomic mass is 9.86. The number of benzene rings is 1. The van der Waals surface area contributed by atoms with E-state index in [1.165, 1.54) is 16.4 Å². The summed E-state index contributed by atoms with van der Waals surface area (Å²) >= 11 is 0. The maximum Gasteiger partial charge on any atom is 0.274 e. The van der Waals surface area contributed by atoms with Crippen LogP contribution in [0.1, 0.15) is 63.0 Å². The quantitative estimate of drug-likeness (QED) is 0.520. The molecule has 0 unspecified atom stereocenters. The summed E-state index contributed by atoms with van der Waals surface area (Å²) in [6, 6.07) is 2.19. The molecule has 1 saturated heterocycles. The second-order valence-corrected chi connectivity index (χ2v) is 9.19. The van der Waals surface area contributed by atoms with Crippen LogP contribution in [0.4, 0.5) is 8.78 Å². The lowest BCUT2D eigenvalue weighted by Crippen LogP contribution is -2.56. The van der Waals surface area contributed by atoms with Gasteiger partial charge < -0.3 is 30.1 Å². The van der Waals surface area contributed by atoms with Gasteiger partial charge in [0.05, 0.1) is 11.2 Å². The number of aliphatic hydroxyl groups excluding tert-OH is 2. The van der Waals surface area contributed by atoms with E-state index in [0.29, 0.717) is 31.4 Å². The molecule has 3 atom stereocenters. The number of rotatable bonds is 3. The summed E-state index contributed by atoms with van der Waals surface area (Å²) in [5.74, 6) is -4.47. The average Bonchev–Trinajstić information content (AvgIpc) is 2.92. The monoisotopic (exact) mass is 475 g/mol. The molecule has 2 amide bonds. The van der Waals surface area contributed by atoms with E-state index in [-0.39, 0.29) is 17.9 Å². The molecule has 11 heteroatoms. The number of aromatic hydroxyl groups is 1. The molecular formula is C23H23F2N3O6. The third-order valence-corrected chi connectivity index (χ3v) is 7.14. The highest BCUT2D eigenvalue weighted by Gasteiger charge is 2.59. The first kappa shape index (κ1) is 22.5. The van der Waals surface area contributed by atoms with Crippen molar-refractivity contribution in [3.63, 3.8) is 0 Å². The van der Waals surface area contributed by atoms with Gasteiger partial charge in [0.25, 0.3) is 11.8 Å². The van der Waals surface area contributed by atoms with Gasteiger partial charge in [-0.25, -0.2) is 8.78 Å². The molecule has 1 spiro atoms. The van der Waals surface area contributed by atoms with Gasteiger partial charge in [0.2, 0.25) is 5.43 Å². The maximum absolute atomic E-state index is 14.2. The van der Waals surface area contributed by atoms with Gasteiger partial charge in [-0.05, 0) is 43.9 Å². The average molecular weight is 475 g/mol. The number of aryl methyl sites for hydroxylation is 1. The first-order chi connectivity index (χ1) is 16.1. The number of amides is 2. The molecule has 9 nitrogen and oxygen atoms in total. The SMILES string of the molecule is Cc1cc(F)c(CNC(=O)c2c3n4c(c(O)c2=O)C(=O)N2CCCC[C@]4(C2)[C@@H](O)[C@@H]3O)c(F)c1. The number of pyridine rings is 1. The molecule has 0 saturated carbocycles. The van der Waals surface area contributed by atoms with E-state index < -0.39 is 70.0 Å². The third-order valence-electron chi connectivity index (χ3n) is 7.14. The zero-order chi connectivity index (χ0) is 24.5. The summed E-state index contributed by atoms with van der Waals surface area (Å²) in [4.78, 5) is 40.6. The number of aromatic nitrogens is 1. The maximum atomic E-state index is 14.2. The summed E-state index contributed by atoms with van der Waals surface area (Å²) in [5.41, 5.74) is -3.85. The number of hydrogen-bond donors (Lipinski definition) is 4. The lowest BCUT2D eigenvalue weighted by Gasteiger charge is -2.43. The smallest absolute Gasteiger partial charge is 0.274 e. The molecule has 1 aromatic carbocycles. The van der Waals surface area contributed by atoms with E-state index in [0.717, 1.165) is 12.1 Å². The zero-order valence-electron chi connectivity index (χ0n) is 18.3. The first-order valence-corrected chi connectivity index (χ1v) is 11.0. The summed E-state index contributed by atoms with van der Waals surface area (Å²) in [7, 11) is 0. The molecule has 34 heavy (non-hydrogen) atoms. The van der Waals surface area contributed by atoms with Crippen LogP contribution in [0.5, 0.6) is 5.75 Å². The van der Waals surface area contributed by atoms with Gasteiger partial charge in [-0.1, -0.05) is 0 Å². The molecule has 180 valence electrons. The van der Waals surface area contributed by atoms with Crippen molar-refractivity contribution in [1.82, 2.24) is 14.8 Å². The van der Waals surface area contributed by atoms with E-state index in [1.807, 2.05) is 0 Å². The number of nitrogens with one attached hydrogen (secondary N) is 1. The van der Waals surface area contributed by atoms with Crippen molar-refractivity contribution in [3.05, 3.63) is 62.1 Å². The van der Waals surface area contributed by atoms with Crippen molar-refractivity contribution in [2.45, 2.75) is 50.5 Å². The van der Waals surface area contributed by atoms with E-state index in [1.54, 1.807) is 0 Å². The van der Waals surface area contributed by atoms with Gasteiger partial charge in [0, 0.05) is 25.2 Å². The second kappa shape index (κ2) is 7.60. The van der Waals surface area contributed by atoms with Gasteiger partial charge in [-0.15, -0.1) is 0 Å². The van der Waals surface area contributed by atoms with Crippen LogP contribution in [0.25, 0.3) is 0 Å². The molecule has 2 aromatic rings. The summed E-state index contributed by atoms with van der Waals surface area (Å²) in [6.07, 6.45) is -1.55. The van der Waals surface area contributed by atoms with Crippen molar-refractivity contribution in [2.75, 3.05) is 13.1 Å². The topological polar surface area (TPSA) is 132 Å². The van der Waals surface area contributed by atoms with E-state index >= 15 is 0 Å². The Morgan fingerprint density at radius 1 is 1.21 bits per heavy atom. The number of carbonyl (C=O) groups is 2. The highest BCUT2D eigenvalue weighted by atomic mass is 19.1. The van der Waals surface area contributed by atoms with E-state index in [2.05, 4.69) is 5.32 Å². The molecule has 1 fully saturated rings. The Bertz CT molecular complexity index is 1290. The van der Waals surface area contributed by atoms with Gasteiger partial charge in [0.15, 0.2) is 11.4 Å². The molecule has 3 aliphatic heterocycles. The van der Waals surface area contributed by atoms with Crippen LogP contribution in [0.2, 0.25) is 0 Å². The fraction of sp³-hybridized carbons (Fsp3) is 0.435. The predicted octanol–water partition coefficient (Wildman–Crippen LogP) is 0.813. The van der Waals surface area contributed by atoms with Crippen molar-refractivity contribution in [3.8, 4) is 5.75 Å². The number of aliphatic hydroxyl groups is 2. The molecule has 3 aliphatic rings. The van der Waals surface area contributed by atoms with Gasteiger partial charge in [-0.2, -0.15) is 0 Å². The predicted molar refractivity (Wildman–Crippen MR) is 113 cm³/mol. The normalized spacial score (nSPS) is 25.2. The van der Waals surface area contributed by atoms with Crippen molar-refractivity contribution >= 4 is 11.8 Å². The lowest BCUT2D eigenvalue weighted by molar-refractivity contribution is -0.0431. The summed E-state index contributed by atoms with van der Waals surface area (Å²) in [6.45, 7) is 1.32. The Labute approximate surface area is 192 Å². The fourth-order valence-corrected chi connectivity index (χ4v) is 5.54. The minimum Gasteiger partial charge on any atom is -0.503 e. The largest absolute Gasteiger partial charge is 0.503 e. The molecule has 4 heterocycles. The Balaban J connectivity index is 1.64. The minimum absolute atomic E-state index is 0.0488. The van der Waals surface area contributed by atoms with Crippen LogP contribution in [0, 0.1) is 18.6 Å². The first-order valence-electron chi connectivity index (χ1n) is 11.0. The number of carbonyl (C=O) groups excluding carboxylic acids is 2. The fourth-order valence-electron chi connectivity index (χ4n) is 5.54. The molecule has 4 N–H and O–H groups in total. The number of fused-ring (bicyclic) bond motifs is 1. The summed E-state index contributed by atoms with van der Waals surface area (Å²) < 4.78 is 29.7. The van der Waals surface area contributed by atoms with Crippen molar-refractivity contribution < 1.29 is 33.7 Å². The van der Waals surface area contributed by atoms with Gasteiger partial charge >= 0.3 is 0 Å². The molecule has 2 bridgehead atoms. The Morgan fingerprint density at radius 2 is 1.88 bits per heavy atom. The molecular weight excluding hydrogens is 452 g/mol. The van der Waals surface area contributed by atoms with Crippen LogP contribution in [-0.4, -0.2) is 55.8 Å². The Morgan fingerprint density at radius 3 is 2.56 bits per heavy atom. The summed E-state index contributed by atoms with van der Waals surface area (Å²) in [5, 5.41) is 34.9.